The number of aromatic nitrogens is 1. The fourth-order valence-electron chi connectivity index (χ4n) is 1.01. The molecule has 1 rings (SSSR count). The van der Waals surface area contributed by atoms with E-state index < -0.39 is 17.5 Å². The van der Waals surface area contributed by atoms with Gasteiger partial charge in [-0.15, -0.1) is 11.6 Å². The molecule has 6 heteroatoms. The molecule has 0 aliphatic rings. The first kappa shape index (κ1) is 9.98. The van der Waals surface area contributed by atoms with Crippen molar-refractivity contribution in [2.75, 3.05) is 5.73 Å². The average molecular weight is 209 g/mol. The predicted molar refractivity (Wildman–Crippen MR) is 46.0 cm³/mol. The molecule has 1 aromatic heterocycles. The fraction of sp³-hybridized carbons (Fsp3) is 0.286. The number of nitrogens with one attached hydrogen (secondary N) is 1. The highest BCUT2D eigenvalue weighted by Crippen LogP contribution is 2.26. The Morgan fingerprint density at radius 1 is 1.62 bits per heavy atom. The molecule has 72 valence electrons. The van der Waals surface area contributed by atoms with Crippen LogP contribution in [0, 0.1) is 0 Å². The zero-order valence-corrected chi connectivity index (χ0v) is 7.24. The maximum atomic E-state index is 12.3. The normalized spacial score (nSPS) is 10.8. The number of nitrogen functional groups attached to an aromatic ring is 1. The van der Waals surface area contributed by atoms with Gasteiger partial charge in [-0.25, -0.2) is 8.78 Å². The lowest BCUT2D eigenvalue weighted by Gasteiger charge is -2.07. The lowest BCUT2D eigenvalue weighted by atomic mass is 10.2. The highest BCUT2D eigenvalue weighted by molar-refractivity contribution is 6.17. The topological polar surface area (TPSA) is 58.9 Å². The van der Waals surface area contributed by atoms with Gasteiger partial charge in [0.15, 0.2) is 0 Å². The molecule has 0 aliphatic carbocycles. The number of rotatable bonds is 2. The number of halogens is 3. The third kappa shape index (κ3) is 1.98. The zero-order valence-electron chi connectivity index (χ0n) is 6.48. The second-order valence-electron chi connectivity index (χ2n) is 2.42. The minimum absolute atomic E-state index is 0.0262. The van der Waals surface area contributed by atoms with E-state index in [1.807, 2.05) is 0 Å². The molecule has 0 saturated heterocycles. The van der Waals surface area contributed by atoms with Gasteiger partial charge < -0.3 is 10.7 Å². The van der Waals surface area contributed by atoms with Crippen molar-refractivity contribution in [1.29, 1.82) is 0 Å². The minimum Gasteiger partial charge on any atom is -0.398 e. The number of hydrogen-bond acceptors (Lipinski definition) is 2. The molecule has 0 unspecified atom stereocenters. The van der Waals surface area contributed by atoms with Gasteiger partial charge in [0.05, 0.1) is 11.4 Å². The first-order valence-corrected chi connectivity index (χ1v) is 3.95. The average Bonchev–Trinajstić information content (AvgIpc) is 2.01. The van der Waals surface area contributed by atoms with Gasteiger partial charge in [0, 0.05) is 17.4 Å². The first-order chi connectivity index (χ1) is 6.06. The van der Waals surface area contributed by atoms with Gasteiger partial charge in [0.1, 0.15) is 0 Å². The third-order valence-electron chi connectivity index (χ3n) is 1.55. The summed E-state index contributed by atoms with van der Waals surface area (Å²) >= 11 is 5.36. The molecule has 3 nitrogen and oxygen atoms in total. The first-order valence-electron chi connectivity index (χ1n) is 3.42. The summed E-state index contributed by atoms with van der Waals surface area (Å²) in [4.78, 5) is 13.0. The van der Waals surface area contributed by atoms with Crippen molar-refractivity contribution in [3.8, 4) is 0 Å². The van der Waals surface area contributed by atoms with E-state index in [-0.39, 0.29) is 17.3 Å². The molecule has 0 radical (unpaired) electrons. The summed E-state index contributed by atoms with van der Waals surface area (Å²) in [6, 6.07) is 0.914. The van der Waals surface area contributed by atoms with Crippen LogP contribution in [0.5, 0.6) is 0 Å². The number of anilines is 1. The lowest BCUT2D eigenvalue weighted by molar-refractivity contribution is 0.151. The summed E-state index contributed by atoms with van der Waals surface area (Å²) in [6.45, 7) is 0. The summed E-state index contributed by atoms with van der Waals surface area (Å²) in [5, 5.41) is 0. The Morgan fingerprint density at radius 3 is 2.69 bits per heavy atom. The molecule has 0 bridgehead atoms. The third-order valence-corrected chi connectivity index (χ3v) is 1.82. The standard InChI is InChI=1S/C7H7ClF2N2O/c8-2-4-6(7(9)10)3(11)1-5(13)12-4/h1,7H,2H2,(H3,11,12,13). The van der Waals surface area contributed by atoms with Crippen LogP contribution in [0.3, 0.4) is 0 Å². The van der Waals surface area contributed by atoms with Crippen molar-refractivity contribution in [3.63, 3.8) is 0 Å². The Hall–Kier alpha value is -1.10. The van der Waals surface area contributed by atoms with Crippen molar-refractivity contribution in [1.82, 2.24) is 4.98 Å². The molecule has 0 saturated carbocycles. The molecule has 0 spiro atoms. The number of alkyl halides is 3. The quantitative estimate of drug-likeness (QED) is 0.726. The largest absolute Gasteiger partial charge is 0.398 e. The van der Waals surface area contributed by atoms with Crippen molar-refractivity contribution in [3.05, 3.63) is 27.7 Å². The number of pyridine rings is 1. The van der Waals surface area contributed by atoms with Gasteiger partial charge in [-0.2, -0.15) is 0 Å². The molecule has 0 atom stereocenters. The highest BCUT2D eigenvalue weighted by atomic mass is 35.5. The van der Waals surface area contributed by atoms with Crippen LogP contribution in [-0.2, 0) is 5.88 Å². The number of hydrogen-bond donors (Lipinski definition) is 2. The maximum absolute atomic E-state index is 12.3. The van der Waals surface area contributed by atoms with Crippen LogP contribution in [0.2, 0.25) is 0 Å². The van der Waals surface area contributed by atoms with Crippen LogP contribution >= 0.6 is 11.6 Å². The zero-order chi connectivity index (χ0) is 10.0. The van der Waals surface area contributed by atoms with Gasteiger partial charge >= 0.3 is 0 Å². The molecular weight excluding hydrogens is 202 g/mol. The Bertz CT molecular complexity index is 364. The van der Waals surface area contributed by atoms with E-state index in [4.69, 9.17) is 17.3 Å². The molecule has 0 aromatic carbocycles. The number of aromatic amines is 1. The SMILES string of the molecule is Nc1cc(=O)[nH]c(CCl)c1C(F)F. The van der Waals surface area contributed by atoms with E-state index in [2.05, 4.69) is 4.98 Å². The Kier molecular flexibility index (Phi) is 2.87. The smallest absolute Gasteiger partial charge is 0.267 e. The summed E-state index contributed by atoms with van der Waals surface area (Å²) in [5.41, 5.74) is 4.06. The molecular formula is C7H7ClF2N2O. The van der Waals surface area contributed by atoms with Crippen LogP contribution < -0.4 is 11.3 Å². The van der Waals surface area contributed by atoms with Crippen LogP contribution in [0.4, 0.5) is 14.5 Å². The van der Waals surface area contributed by atoms with Crippen LogP contribution in [0.25, 0.3) is 0 Å². The minimum atomic E-state index is -2.73. The summed E-state index contributed by atoms with van der Waals surface area (Å²) in [5.74, 6) is -0.194. The van der Waals surface area contributed by atoms with Gasteiger partial charge in [-0.1, -0.05) is 0 Å². The van der Waals surface area contributed by atoms with Gasteiger partial charge in [0.2, 0.25) is 5.56 Å². The van der Waals surface area contributed by atoms with Crippen molar-refractivity contribution in [2.45, 2.75) is 12.3 Å². The summed E-state index contributed by atoms with van der Waals surface area (Å²) < 4.78 is 24.7. The van der Waals surface area contributed by atoms with E-state index >= 15 is 0 Å². The van der Waals surface area contributed by atoms with Crippen molar-refractivity contribution in [2.24, 2.45) is 0 Å². The van der Waals surface area contributed by atoms with Gasteiger partial charge in [-0.05, 0) is 0 Å². The summed E-state index contributed by atoms with van der Waals surface area (Å²) in [7, 11) is 0. The Labute approximate surface area is 77.5 Å². The second-order valence-corrected chi connectivity index (χ2v) is 2.68. The molecule has 0 aliphatic heterocycles. The molecule has 1 aromatic rings. The van der Waals surface area contributed by atoms with Gasteiger partial charge in [0.25, 0.3) is 6.43 Å². The summed E-state index contributed by atoms with van der Waals surface area (Å²) in [6.07, 6.45) is -2.73. The van der Waals surface area contributed by atoms with Crippen molar-refractivity contribution >= 4 is 17.3 Å². The lowest BCUT2D eigenvalue weighted by Crippen LogP contribution is -2.13. The van der Waals surface area contributed by atoms with Crippen LogP contribution in [0.15, 0.2) is 10.9 Å². The highest BCUT2D eigenvalue weighted by Gasteiger charge is 2.16. The maximum Gasteiger partial charge on any atom is 0.267 e. The fourth-order valence-corrected chi connectivity index (χ4v) is 1.22. The Morgan fingerprint density at radius 2 is 2.23 bits per heavy atom. The van der Waals surface area contributed by atoms with E-state index in [1.165, 1.54) is 0 Å². The monoisotopic (exact) mass is 208 g/mol. The number of H-pyrrole nitrogens is 1. The van der Waals surface area contributed by atoms with Gasteiger partial charge in [-0.3, -0.25) is 4.79 Å². The van der Waals surface area contributed by atoms with E-state index in [0.717, 1.165) is 6.07 Å². The van der Waals surface area contributed by atoms with E-state index in [0.29, 0.717) is 0 Å². The molecule has 0 fully saturated rings. The molecule has 3 N–H and O–H groups in total. The molecule has 13 heavy (non-hydrogen) atoms. The van der Waals surface area contributed by atoms with Crippen LogP contribution in [-0.4, -0.2) is 4.98 Å². The molecule has 1 heterocycles. The Balaban J connectivity index is 3.38. The second kappa shape index (κ2) is 3.74. The van der Waals surface area contributed by atoms with Crippen LogP contribution in [0.1, 0.15) is 17.7 Å². The molecule has 0 amide bonds. The van der Waals surface area contributed by atoms with E-state index in [1.54, 1.807) is 0 Å². The number of nitrogens with two attached hydrogens (primary N) is 1. The van der Waals surface area contributed by atoms with Crippen molar-refractivity contribution < 1.29 is 8.78 Å². The van der Waals surface area contributed by atoms with E-state index in [9.17, 15) is 13.6 Å². The predicted octanol–water partition coefficient (Wildman–Crippen LogP) is 1.63.